The lowest BCUT2D eigenvalue weighted by molar-refractivity contribution is -0.0111. The van der Waals surface area contributed by atoms with E-state index in [9.17, 15) is 10.2 Å². The van der Waals surface area contributed by atoms with Gasteiger partial charge in [-0.25, -0.2) is 0 Å². The maximum atomic E-state index is 10.2. The molecule has 0 heterocycles. The molecule has 0 spiro atoms. The molecule has 1 fully saturated rings. The van der Waals surface area contributed by atoms with Gasteiger partial charge in [0, 0.05) is 0 Å². The maximum Gasteiger partial charge on any atom is 0.0779 e. The number of hydrogen-bond donors (Lipinski definition) is 2. The second-order valence-electron chi connectivity index (χ2n) is 5.77. The van der Waals surface area contributed by atoms with E-state index in [1.165, 1.54) is 12.0 Å². The van der Waals surface area contributed by atoms with E-state index in [4.69, 9.17) is 0 Å². The van der Waals surface area contributed by atoms with E-state index in [-0.39, 0.29) is 24.0 Å². The molecule has 92 valence electrons. The number of allylic oxidation sites excluding steroid dienone is 1. The number of hydrogen-bond acceptors (Lipinski definition) is 2. The zero-order chi connectivity index (χ0) is 11.7. The third kappa shape index (κ3) is 2.33. The van der Waals surface area contributed by atoms with Crippen LogP contribution in [0.15, 0.2) is 11.6 Å². The molecule has 2 nitrogen and oxygen atoms in total. The van der Waals surface area contributed by atoms with Crippen LogP contribution in [0.4, 0.5) is 0 Å². The van der Waals surface area contributed by atoms with Gasteiger partial charge in [-0.1, -0.05) is 26.3 Å². The first-order valence-electron chi connectivity index (χ1n) is 6.64. The van der Waals surface area contributed by atoms with Gasteiger partial charge in [-0.05, 0) is 49.0 Å². The van der Waals surface area contributed by atoms with E-state index in [2.05, 4.69) is 19.9 Å². The monoisotopic (exact) mass is 224 g/mol. The average Bonchev–Trinajstić information content (AvgIpc) is 2.14. The molecule has 0 amide bonds. The molecule has 0 bridgehead atoms. The zero-order valence-corrected chi connectivity index (χ0v) is 10.4. The third-order valence-electron chi connectivity index (χ3n) is 4.52. The summed E-state index contributed by atoms with van der Waals surface area (Å²) in [6, 6.07) is 0. The van der Waals surface area contributed by atoms with Gasteiger partial charge in [0.25, 0.3) is 0 Å². The van der Waals surface area contributed by atoms with Gasteiger partial charge in [0.2, 0.25) is 0 Å². The minimum Gasteiger partial charge on any atom is -0.393 e. The van der Waals surface area contributed by atoms with E-state index in [0.29, 0.717) is 5.92 Å². The number of aliphatic hydroxyl groups is 2. The predicted molar refractivity (Wildman–Crippen MR) is 65.0 cm³/mol. The van der Waals surface area contributed by atoms with Gasteiger partial charge in [0.15, 0.2) is 0 Å². The van der Waals surface area contributed by atoms with Gasteiger partial charge in [-0.2, -0.15) is 0 Å². The highest BCUT2D eigenvalue weighted by Crippen LogP contribution is 2.37. The molecule has 2 heteroatoms. The Morgan fingerprint density at radius 3 is 2.56 bits per heavy atom. The Morgan fingerprint density at radius 1 is 1.38 bits per heavy atom. The minimum atomic E-state index is -0.318. The molecule has 2 aliphatic carbocycles. The molecule has 0 saturated heterocycles. The van der Waals surface area contributed by atoms with Crippen molar-refractivity contribution in [2.45, 2.75) is 58.2 Å². The van der Waals surface area contributed by atoms with Crippen molar-refractivity contribution < 1.29 is 10.2 Å². The Bertz CT molecular complexity index is 272. The van der Waals surface area contributed by atoms with Crippen molar-refractivity contribution in [3.63, 3.8) is 0 Å². The van der Waals surface area contributed by atoms with E-state index < -0.39 is 0 Å². The molecule has 2 aliphatic rings. The predicted octanol–water partition coefficient (Wildman–Crippen LogP) is 2.50. The summed E-state index contributed by atoms with van der Waals surface area (Å²) in [5, 5.41) is 20.3. The first-order valence-corrected chi connectivity index (χ1v) is 6.64. The van der Waals surface area contributed by atoms with Gasteiger partial charge in [0.05, 0.1) is 12.2 Å². The highest BCUT2D eigenvalue weighted by Gasteiger charge is 2.35. The average molecular weight is 224 g/mol. The van der Waals surface area contributed by atoms with Crippen LogP contribution in [-0.2, 0) is 0 Å². The molecule has 0 radical (unpaired) electrons. The molecule has 2 N–H and O–H groups in total. The summed E-state index contributed by atoms with van der Waals surface area (Å²) in [6.45, 7) is 4.29. The smallest absolute Gasteiger partial charge is 0.0779 e. The Morgan fingerprint density at radius 2 is 2.06 bits per heavy atom. The lowest BCUT2D eigenvalue weighted by Gasteiger charge is -2.38. The number of rotatable bonds is 3. The van der Waals surface area contributed by atoms with Crippen LogP contribution in [0.25, 0.3) is 0 Å². The summed E-state index contributed by atoms with van der Waals surface area (Å²) in [5.74, 6) is 1.13. The summed E-state index contributed by atoms with van der Waals surface area (Å²) >= 11 is 0. The number of aliphatic hydroxyl groups excluding tert-OH is 2. The van der Waals surface area contributed by atoms with E-state index in [1.54, 1.807) is 0 Å². The van der Waals surface area contributed by atoms with Gasteiger partial charge >= 0.3 is 0 Å². The van der Waals surface area contributed by atoms with E-state index >= 15 is 0 Å². The topological polar surface area (TPSA) is 40.5 Å². The van der Waals surface area contributed by atoms with Crippen molar-refractivity contribution in [3.05, 3.63) is 11.6 Å². The highest BCUT2D eigenvalue weighted by molar-refractivity contribution is 5.18. The minimum absolute atomic E-state index is 0.203. The Labute approximate surface area is 98.4 Å². The first-order chi connectivity index (χ1) is 7.59. The lowest BCUT2D eigenvalue weighted by Crippen LogP contribution is -2.38. The molecule has 16 heavy (non-hydrogen) atoms. The summed E-state index contributed by atoms with van der Waals surface area (Å²) in [4.78, 5) is 0. The molecule has 0 aromatic carbocycles. The normalized spacial score (nSPS) is 38.5. The molecule has 5 atom stereocenters. The van der Waals surface area contributed by atoms with E-state index in [0.717, 1.165) is 25.7 Å². The quantitative estimate of drug-likeness (QED) is 0.723. The third-order valence-corrected chi connectivity index (χ3v) is 4.52. The van der Waals surface area contributed by atoms with Crippen molar-refractivity contribution in [3.8, 4) is 0 Å². The lowest BCUT2D eigenvalue weighted by atomic mass is 9.71. The van der Waals surface area contributed by atoms with Crippen LogP contribution in [0.2, 0.25) is 0 Å². The molecule has 1 unspecified atom stereocenters. The molecule has 2 rings (SSSR count). The van der Waals surface area contributed by atoms with Crippen LogP contribution in [0.5, 0.6) is 0 Å². The highest BCUT2D eigenvalue weighted by atomic mass is 16.3. The van der Waals surface area contributed by atoms with Crippen LogP contribution in [-0.4, -0.2) is 22.4 Å². The van der Waals surface area contributed by atoms with Crippen molar-refractivity contribution in [1.82, 2.24) is 0 Å². The van der Waals surface area contributed by atoms with Gasteiger partial charge < -0.3 is 10.2 Å². The second kappa shape index (κ2) is 4.89. The maximum absolute atomic E-state index is 10.2. The Kier molecular flexibility index (Phi) is 3.70. The van der Waals surface area contributed by atoms with Crippen molar-refractivity contribution in [2.75, 3.05) is 0 Å². The Hall–Kier alpha value is -0.340. The summed E-state index contributed by atoms with van der Waals surface area (Å²) in [6.07, 6.45) is 6.93. The SMILES string of the molecule is C[C@@H]1CC[C@@H]([C@@H](C)C(O)C2=CCC2)[C@H](O)C1. The van der Waals surface area contributed by atoms with Gasteiger partial charge in [-0.15, -0.1) is 0 Å². The molecule has 1 saturated carbocycles. The largest absolute Gasteiger partial charge is 0.393 e. The van der Waals surface area contributed by atoms with Gasteiger partial charge in [-0.3, -0.25) is 0 Å². The second-order valence-corrected chi connectivity index (χ2v) is 5.77. The summed E-state index contributed by atoms with van der Waals surface area (Å²) in [7, 11) is 0. The Balaban J connectivity index is 1.95. The van der Waals surface area contributed by atoms with Crippen LogP contribution in [0, 0.1) is 17.8 Å². The fourth-order valence-electron chi connectivity index (χ4n) is 3.14. The molecule has 0 aromatic rings. The first kappa shape index (κ1) is 12.1. The van der Waals surface area contributed by atoms with E-state index in [1.807, 2.05) is 0 Å². The van der Waals surface area contributed by atoms with Crippen LogP contribution >= 0.6 is 0 Å². The van der Waals surface area contributed by atoms with Crippen LogP contribution < -0.4 is 0 Å². The molecule has 0 aliphatic heterocycles. The van der Waals surface area contributed by atoms with Crippen LogP contribution in [0.1, 0.15) is 46.0 Å². The van der Waals surface area contributed by atoms with Gasteiger partial charge in [0.1, 0.15) is 0 Å². The van der Waals surface area contributed by atoms with Crippen molar-refractivity contribution in [1.29, 1.82) is 0 Å². The summed E-state index contributed by atoms with van der Waals surface area (Å²) < 4.78 is 0. The zero-order valence-electron chi connectivity index (χ0n) is 10.4. The fourth-order valence-corrected chi connectivity index (χ4v) is 3.14. The van der Waals surface area contributed by atoms with Crippen molar-refractivity contribution in [2.24, 2.45) is 17.8 Å². The molecular formula is C14H24O2. The van der Waals surface area contributed by atoms with Crippen LogP contribution in [0.3, 0.4) is 0 Å². The fraction of sp³-hybridized carbons (Fsp3) is 0.857. The van der Waals surface area contributed by atoms with Crippen molar-refractivity contribution >= 4 is 0 Å². The standard InChI is InChI=1S/C14H24O2/c1-9-6-7-12(13(15)8-9)10(2)14(16)11-4-3-5-11/h4,9-10,12-16H,3,5-8H2,1-2H3/t9-,10-,12+,13-,14?/m1/s1. The summed E-state index contributed by atoms with van der Waals surface area (Å²) in [5.41, 5.74) is 1.19. The molecule has 0 aromatic heterocycles. The molecular weight excluding hydrogens is 200 g/mol.